The smallest absolute Gasteiger partial charge is 0.251 e. The standard InChI is InChI=1S/C18H16N4O2/c23-18(13-5-7-20-17(11-13)22-9-8-19-12-22)21-15-6-10-24-16-4-2-1-3-14(15)16/h1-5,7-9,11-12,15H,6,10H2,(H,21,23). The summed E-state index contributed by atoms with van der Waals surface area (Å²) in [6.45, 7) is 0.596. The van der Waals surface area contributed by atoms with E-state index in [1.165, 1.54) is 0 Å². The second-order valence-electron chi connectivity index (χ2n) is 5.57. The largest absolute Gasteiger partial charge is 0.493 e. The molecule has 0 aliphatic carbocycles. The van der Waals surface area contributed by atoms with Crippen molar-refractivity contribution in [2.75, 3.05) is 6.61 Å². The van der Waals surface area contributed by atoms with E-state index in [1.54, 1.807) is 41.6 Å². The zero-order chi connectivity index (χ0) is 16.4. The predicted octanol–water partition coefficient (Wildman–Crippen LogP) is 2.52. The number of imidazole rings is 1. The van der Waals surface area contributed by atoms with Gasteiger partial charge in [0.25, 0.3) is 5.91 Å². The van der Waals surface area contributed by atoms with Crippen LogP contribution in [0.1, 0.15) is 28.4 Å². The summed E-state index contributed by atoms with van der Waals surface area (Å²) in [6, 6.07) is 11.2. The maximum atomic E-state index is 12.6. The molecular weight excluding hydrogens is 304 g/mol. The summed E-state index contributed by atoms with van der Waals surface area (Å²) in [4.78, 5) is 20.9. The van der Waals surface area contributed by atoms with Gasteiger partial charge in [-0.1, -0.05) is 18.2 Å². The van der Waals surface area contributed by atoms with Crippen LogP contribution in [0.25, 0.3) is 5.82 Å². The molecule has 0 saturated carbocycles. The van der Waals surface area contributed by atoms with E-state index < -0.39 is 0 Å². The van der Waals surface area contributed by atoms with Crippen LogP contribution < -0.4 is 10.1 Å². The summed E-state index contributed by atoms with van der Waals surface area (Å²) in [7, 11) is 0. The zero-order valence-corrected chi connectivity index (χ0v) is 12.9. The number of aromatic nitrogens is 3. The van der Waals surface area contributed by atoms with Gasteiger partial charge in [0.1, 0.15) is 17.9 Å². The number of nitrogens with one attached hydrogen (secondary N) is 1. The third-order valence-electron chi connectivity index (χ3n) is 4.04. The number of nitrogens with zero attached hydrogens (tertiary/aromatic N) is 3. The fraction of sp³-hybridized carbons (Fsp3) is 0.167. The molecule has 1 atom stereocenters. The molecule has 1 aromatic carbocycles. The van der Waals surface area contributed by atoms with Gasteiger partial charge in [-0.05, 0) is 18.2 Å². The van der Waals surface area contributed by atoms with Gasteiger partial charge in [-0.3, -0.25) is 9.36 Å². The van der Waals surface area contributed by atoms with Crippen LogP contribution >= 0.6 is 0 Å². The van der Waals surface area contributed by atoms with Gasteiger partial charge in [-0.2, -0.15) is 0 Å². The molecule has 6 heteroatoms. The number of hydrogen-bond donors (Lipinski definition) is 1. The Morgan fingerprint density at radius 3 is 3.04 bits per heavy atom. The number of fused-ring (bicyclic) bond motifs is 1. The van der Waals surface area contributed by atoms with Crippen molar-refractivity contribution < 1.29 is 9.53 Å². The molecule has 1 aliphatic rings. The van der Waals surface area contributed by atoms with Gasteiger partial charge >= 0.3 is 0 Å². The van der Waals surface area contributed by atoms with E-state index in [-0.39, 0.29) is 11.9 Å². The van der Waals surface area contributed by atoms with E-state index in [4.69, 9.17) is 4.74 Å². The summed E-state index contributed by atoms with van der Waals surface area (Å²) in [5, 5.41) is 3.09. The Hall–Kier alpha value is -3.15. The van der Waals surface area contributed by atoms with Gasteiger partial charge in [-0.15, -0.1) is 0 Å². The lowest BCUT2D eigenvalue weighted by atomic mass is 10.0. The van der Waals surface area contributed by atoms with Crippen LogP contribution in [0, 0.1) is 0 Å². The molecule has 24 heavy (non-hydrogen) atoms. The number of carbonyl (C=O) groups is 1. The second kappa shape index (κ2) is 6.16. The third-order valence-corrected chi connectivity index (χ3v) is 4.04. The molecule has 3 aromatic rings. The summed E-state index contributed by atoms with van der Waals surface area (Å²) in [6.07, 6.45) is 7.50. The molecule has 0 bridgehead atoms. The van der Waals surface area contributed by atoms with Crippen molar-refractivity contribution in [3.05, 3.63) is 72.4 Å². The second-order valence-corrected chi connectivity index (χ2v) is 5.57. The van der Waals surface area contributed by atoms with E-state index in [0.29, 0.717) is 18.0 Å². The van der Waals surface area contributed by atoms with Gasteiger partial charge in [0.15, 0.2) is 0 Å². The van der Waals surface area contributed by atoms with Gasteiger partial charge in [0.05, 0.1) is 12.6 Å². The number of rotatable bonds is 3. The zero-order valence-electron chi connectivity index (χ0n) is 12.9. The third kappa shape index (κ3) is 2.74. The minimum atomic E-state index is -0.125. The van der Waals surface area contributed by atoms with Crippen molar-refractivity contribution in [2.45, 2.75) is 12.5 Å². The fourth-order valence-electron chi connectivity index (χ4n) is 2.83. The molecule has 1 N–H and O–H groups in total. The average molecular weight is 320 g/mol. The molecule has 0 fully saturated rings. The van der Waals surface area contributed by atoms with Crippen LogP contribution in [0.15, 0.2) is 61.3 Å². The topological polar surface area (TPSA) is 69.0 Å². The van der Waals surface area contributed by atoms with Crippen molar-refractivity contribution in [1.82, 2.24) is 19.9 Å². The lowest BCUT2D eigenvalue weighted by Gasteiger charge is -2.26. The molecule has 0 saturated heterocycles. The Balaban J connectivity index is 1.56. The van der Waals surface area contributed by atoms with E-state index in [1.807, 2.05) is 24.3 Å². The Morgan fingerprint density at radius 1 is 1.25 bits per heavy atom. The van der Waals surface area contributed by atoms with E-state index in [9.17, 15) is 4.79 Å². The van der Waals surface area contributed by atoms with Gasteiger partial charge < -0.3 is 10.1 Å². The lowest BCUT2D eigenvalue weighted by Crippen LogP contribution is -2.32. The summed E-state index contributed by atoms with van der Waals surface area (Å²) in [5.41, 5.74) is 1.58. The highest BCUT2D eigenvalue weighted by Crippen LogP contribution is 2.31. The normalized spacial score (nSPS) is 16.1. The predicted molar refractivity (Wildman–Crippen MR) is 88.1 cm³/mol. The minimum Gasteiger partial charge on any atom is -0.493 e. The van der Waals surface area contributed by atoms with Crippen LogP contribution in [-0.4, -0.2) is 27.0 Å². The molecule has 120 valence electrons. The first-order valence-corrected chi connectivity index (χ1v) is 7.78. The highest BCUT2D eigenvalue weighted by molar-refractivity contribution is 5.94. The summed E-state index contributed by atoms with van der Waals surface area (Å²) in [5.74, 6) is 1.37. The van der Waals surface area contributed by atoms with Crippen LogP contribution in [-0.2, 0) is 0 Å². The van der Waals surface area contributed by atoms with Crippen molar-refractivity contribution in [3.8, 4) is 11.6 Å². The number of carbonyl (C=O) groups excluding carboxylic acids is 1. The first-order valence-electron chi connectivity index (χ1n) is 7.78. The summed E-state index contributed by atoms with van der Waals surface area (Å²) >= 11 is 0. The Kier molecular flexibility index (Phi) is 3.70. The van der Waals surface area contributed by atoms with E-state index in [2.05, 4.69) is 15.3 Å². The SMILES string of the molecule is O=C(NC1CCOc2ccccc21)c1ccnc(-n2ccnc2)c1. The highest BCUT2D eigenvalue weighted by Gasteiger charge is 2.23. The first kappa shape index (κ1) is 14.4. The number of benzene rings is 1. The van der Waals surface area contributed by atoms with Gasteiger partial charge in [-0.25, -0.2) is 9.97 Å². The average Bonchev–Trinajstić information content (AvgIpc) is 3.17. The maximum Gasteiger partial charge on any atom is 0.251 e. The van der Waals surface area contributed by atoms with Crippen LogP contribution in [0.2, 0.25) is 0 Å². The molecule has 0 spiro atoms. The van der Waals surface area contributed by atoms with E-state index >= 15 is 0 Å². The van der Waals surface area contributed by atoms with Crippen molar-refractivity contribution in [2.24, 2.45) is 0 Å². The van der Waals surface area contributed by atoms with Gasteiger partial charge in [0, 0.05) is 36.1 Å². The Labute approximate surface area is 139 Å². The molecular formula is C18H16N4O2. The van der Waals surface area contributed by atoms with Crippen molar-refractivity contribution in [3.63, 3.8) is 0 Å². The van der Waals surface area contributed by atoms with Crippen molar-refractivity contribution in [1.29, 1.82) is 0 Å². The minimum absolute atomic E-state index is 0.0488. The molecule has 1 unspecified atom stereocenters. The quantitative estimate of drug-likeness (QED) is 0.805. The molecule has 0 radical (unpaired) electrons. The Bertz CT molecular complexity index is 861. The number of para-hydroxylation sites is 1. The number of amides is 1. The van der Waals surface area contributed by atoms with Crippen molar-refractivity contribution >= 4 is 5.91 Å². The highest BCUT2D eigenvalue weighted by atomic mass is 16.5. The number of ether oxygens (including phenoxy) is 1. The van der Waals surface area contributed by atoms with Crippen LogP contribution in [0.4, 0.5) is 0 Å². The molecule has 1 aliphatic heterocycles. The fourth-order valence-corrected chi connectivity index (χ4v) is 2.83. The molecule has 2 aromatic heterocycles. The maximum absolute atomic E-state index is 12.6. The van der Waals surface area contributed by atoms with Crippen LogP contribution in [0.5, 0.6) is 5.75 Å². The molecule has 1 amide bonds. The molecule has 6 nitrogen and oxygen atoms in total. The molecule has 3 heterocycles. The number of pyridine rings is 1. The van der Waals surface area contributed by atoms with E-state index in [0.717, 1.165) is 17.7 Å². The summed E-state index contributed by atoms with van der Waals surface area (Å²) < 4.78 is 7.40. The molecule has 4 rings (SSSR count). The lowest BCUT2D eigenvalue weighted by molar-refractivity contribution is 0.0924. The van der Waals surface area contributed by atoms with Crippen LogP contribution in [0.3, 0.4) is 0 Å². The first-order chi connectivity index (χ1) is 11.8. The Morgan fingerprint density at radius 2 is 2.17 bits per heavy atom. The van der Waals surface area contributed by atoms with Gasteiger partial charge in [0.2, 0.25) is 0 Å². The number of hydrogen-bond acceptors (Lipinski definition) is 4. The monoisotopic (exact) mass is 320 g/mol.